The Morgan fingerprint density at radius 2 is 1.88 bits per heavy atom. The van der Waals surface area contributed by atoms with Gasteiger partial charge in [0.2, 0.25) is 5.91 Å². The van der Waals surface area contributed by atoms with Crippen LogP contribution in [0.5, 0.6) is 5.75 Å². The van der Waals surface area contributed by atoms with Crippen molar-refractivity contribution in [3.8, 4) is 22.7 Å². The van der Waals surface area contributed by atoms with E-state index in [0.717, 1.165) is 12.1 Å². The Hall–Kier alpha value is -3.89. The molecule has 1 N–H and O–H groups in total. The fourth-order valence-corrected chi connectivity index (χ4v) is 5.33. The molecule has 1 fully saturated rings. The van der Waals surface area contributed by atoms with Gasteiger partial charge in [-0.1, -0.05) is 26.5 Å². The van der Waals surface area contributed by atoms with Gasteiger partial charge in [0.25, 0.3) is 0 Å². The summed E-state index contributed by atoms with van der Waals surface area (Å²) in [7, 11) is 0. The molecule has 228 valence electrons. The lowest BCUT2D eigenvalue weighted by atomic mass is 10.0. The van der Waals surface area contributed by atoms with Crippen molar-refractivity contribution in [2.45, 2.75) is 39.7 Å². The highest BCUT2D eigenvalue weighted by Gasteiger charge is 2.31. The van der Waals surface area contributed by atoms with E-state index in [0.29, 0.717) is 36.6 Å². The van der Waals surface area contributed by atoms with Gasteiger partial charge in [-0.3, -0.25) is 9.78 Å². The number of phenolic OH excluding ortho intramolecular Hbond substituents is 1. The molecule has 9 nitrogen and oxygen atoms in total. The molecule has 0 radical (unpaired) electrons. The number of carbonyl (C=O) groups is 1. The number of amides is 1. The molecule has 4 heterocycles. The summed E-state index contributed by atoms with van der Waals surface area (Å²) in [6.07, 6.45) is 2.89. The maximum Gasteiger partial charge on any atom is 0.355 e. The van der Waals surface area contributed by atoms with Gasteiger partial charge in [-0.15, -0.1) is 0 Å². The normalized spacial score (nSPS) is 14.8. The third kappa shape index (κ3) is 5.99. The molecule has 5 rings (SSSR count). The molecule has 1 aliphatic rings. The van der Waals surface area contributed by atoms with Crippen molar-refractivity contribution in [1.29, 1.82) is 0 Å². The summed E-state index contributed by atoms with van der Waals surface area (Å²) < 4.78 is 32.0. The van der Waals surface area contributed by atoms with Crippen molar-refractivity contribution in [3.05, 3.63) is 82.6 Å². The van der Waals surface area contributed by atoms with Gasteiger partial charge in [0.1, 0.15) is 23.1 Å². The van der Waals surface area contributed by atoms with Crippen LogP contribution in [-0.4, -0.2) is 61.1 Å². The number of anilines is 1. The third-order valence-electron chi connectivity index (χ3n) is 7.34. The Bertz CT molecular complexity index is 1750. The van der Waals surface area contributed by atoms with E-state index in [-0.39, 0.29) is 58.1 Å². The molecule has 0 spiro atoms. The van der Waals surface area contributed by atoms with Gasteiger partial charge >= 0.3 is 5.69 Å². The lowest BCUT2D eigenvalue weighted by Gasteiger charge is -2.40. The van der Waals surface area contributed by atoms with Gasteiger partial charge < -0.3 is 14.9 Å². The van der Waals surface area contributed by atoms with Crippen LogP contribution in [-0.2, 0) is 4.79 Å². The van der Waals surface area contributed by atoms with Crippen LogP contribution in [0.4, 0.5) is 14.6 Å². The average Bonchev–Trinajstić information content (AvgIpc) is 2.93. The van der Waals surface area contributed by atoms with Crippen molar-refractivity contribution in [3.63, 3.8) is 0 Å². The third-order valence-corrected chi connectivity index (χ3v) is 7.34. The minimum atomic E-state index is -0.897. The minimum Gasteiger partial charge on any atom is -0.507 e. The van der Waals surface area contributed by atoms with E-state index in [1.807, 2.05) is 32.6 Å². The first-order chi connectivity index (χ1) is 19.5. The monoisotopic (exact) mass is 628 g/mol. The molecule has 1 aliphatic heterocycles. The number of aryl methyl sites for hydroxylation is 1. The quantitative estimate of drug-likeness (QED) is 0.254. The first kappa shape index (κ1) is 33.6. The van der Waals surface area contributed by atoms with Crippen LogP contribution >= 0.6 is 23.4 Å². The first-order valence-electron chi connectivity index (χ1n) is 13.3. The number of pyridine rings is 2. The molecule has 1 amide bonds. The summed E-state index contributed by atoms with van der Waals surface area (Å²) >= 11 is 0. The first-order valence-corrected chi connectivity index (χ1v) is 13.3. The highest BCUT2D eigenvalue weighted by atomic mass is 32.1. The van der Waals surface area contributed by atoms with Gasteiger partial charge in [-0.25, -0.2) is 23.1 Å². The summed E-state index contributed by atoms with van der Waals surface area (Å²) in [5, 5.41) is 10.7. The van der Waals surface area contributed by atoms with Crippen LogP contribution < -0.4 is 10.6 Å². The fourth-order valence-electron chi connectivity index (χ4n) is 5.33. The highest BCUT2D eigenvalue weighted by molar-refractivity contribution is 7.59. The molecule has 1 unspecified atom stereocenters. The lowest BCUT2D eigenvalue weighted by Crippen LogP contribution is -2.54. The zero-order valence-electron chi connectivity index (χ0n) is 24.4. The largest absolute Gasteiger partial charge is 0.507 e. The average molecular weight is 629 g/mol. The summed E-state index contributed by atoms with van der Waals surface area (Å²) in [6.45, 7) is 12.1. The second kappa shape index (κ2) is 13.2. The Kier molecular flexibility index (Phi) is 10.3. The number of aromatic nitrogens is 4. The summed E-state index contributed by atoms with van der Waals surface area (Å²) in [5.41, 5.74) is 0.275. The van der Waals surface area contributed by atoms with Gasteiger partial charge in [-0.2, -0.15) is 28.4 Å². The smallest absolute Gasteiger partial charge is 0.355 e. The van der Waals surface area contributed by atoms with Gasteiger partial charge in [0, 0.05) is 31.9 Å². The number of phenols is 1. The van der Waals surface area contributed by atoms with Crippen molar-refractivity contribution in [2.75, 3.05) is 24.5 Å². The van der Waals surface area contributed by atoms with Crippen LogP contribution in [0.3, 0.4) is 0 Å². The standard InChI is InChI=1S/C30H30F2N6O3.H3P.H2S/c1-6-23(40)36-12-13-37(18(5)15-36)28-19-14-21(32)26(24-20(31)8-7-9-22(24)39)34-29(19)38(30(41)35-28)27-17(4)10-11-33-25(27)16(2)3;;/h6-11,14,16,18,39H,1,12-13,15H2,2-5H3;1H3;1H2/t18-;;/m0../s1. The Balaban J connectivity index is 0.00000253. The van der Waals surface area contributed by atoms with Gasteiger partial charge in [0.05, 0.1) is 22.3 Å². The molecule has 1 aromatic carbocycles. The van der Waals surface area contributed by atoms with Crippen molar-refractivity contribution < 1.29 is 18.7 Å². The van der Waals surface area contributed by atoms with E-state index in [9.17, 15) is 19.1 Å². The number of halogens is 2. The molecular formula is C30H35F2N6O3PS. The number of hydrogen-bond acceptors (Lipinski definition) is 7. The number of carbonyl (C=O) groups excluding carboxylic acids is 1. The summed E-state index contributed by atoms with van der Waals surface area (Å²) in [5.74, 6) is -2.35. The van der Waals surface area contributed by atoms with E-state index in [4.69, 9.17) is 0 Å². The van der Waals surface area contributed by atoms with Gasteiger partial charge in [0.15, 0.2) is 11.5 Å². The summed E-state index contributed by atoms with van der Waals surface area (Å²) in [4.78, 5) is 43.0. The Labute approximate surface area is 258 Å². The number of benzene rings is 1. The van der Waals surface area contributed by atoms with Gasteiger partial charge in [-0.05, 0) is 55.7 Å². The lowest BCUT2D eigenvalue weighted by molar-refractivity contribution is -0.126. The van der Waals surface area contributed by atoms with E-state index in [2.05, 4.69) is 21.5 Å². The molecule has 2 atom stereocenters. The Morgan fingerprint density at radius 1 is 1.16 bits per heavy atom. The molecule has 4 aromatic rings. The molecule has 1 saturated heterocycles. The van der Waals surface area contributed by atoms with Crippen LogP contribution in [0.25, 0.3) is 28.0 Å². The van der Waals surface area contributed by atoms with E-state index < -0.39 is 34.3 Å². The Morgan fingerprint density at radius 3 is 2.51 bits per heavy atom. The fraction of sp³-hybridized carbons (Fsp3) is 0.300. The van der Waals surface area contributed by atoms with E-state index >= 15 is 4.39 Å². The number of piperazine rings is 1. The van der Waals surface area contributed by atoms with Crippen LogP contribution in [0.2, 0.25) is 0 Å². The topological polar surface area (TPSA) is 104 Å². The molecule has 0 saturated carbocycles. The van der Waals surface area contributed by atoms with Crippen LogP contribution in [0, 0.1) is 18.6 Å². The van der Waals surface area contributed by atoms with Crippen LogP contribution in [0.1, 0.15) is 37.9 Å². The maximum atomic E-state index is 15.8. The van der Waals surface area contributed by atoms with Crippen LogP contribution in [0.15, 0.2) is 54.0 Å². The van der Waals surface area contributed by atoms with E-state index in [1.54, 1.807) is 17.2 Å². The zero-order chi connectivity index (χ0) is 29.6. The predicted molar refractivity (Wildman–Crippen MR) is 174 cm³/mol. The second-order valence-electron chi connectivity index (χ2n) is 10.4. The zero-order valence-corrected chi connectivity index (χ0v) is 26.8. The number of rotatable bonds is 5. The van der Waals surface area contributed by atoms with Crippen molar-refractivity contribution in [2.24, 2.45) is 0 Å². The number of aromatic hydroxyl groups is 1. The SMILES string of the molecule is C=CC(=O)N1CCN(c2nc(=O)n(-c3c(C)ccnc3C(C)C)c3nc(-c4c(O)cccc4F)c(F)cc23)[C@@H](C)C1.P.S. The summed E-state index contributed by atoms with van der Waals surface area (Å²) in [6, 6.07) is 6.27. The molecule has 3 aromatic heterocycles. The molecule has 13 heteroatoms. The molecular weight excluding hydrogens is 593 g/mol. The number of nitrogens with zero attached hydrogens (tertiary/aromatic N) is 6. The highest BCUT2D eigenvalue weighted by Crippen LogP contribution is 2.36. The second-order valence-corrected chi connectivity index (χ2v) is 10.4. The van der Waals surface area contributed by atoms with E-state index in [1.165, 1.54) is 22.8 Å². The molecule has 0 aliphatic carbocycles. The molecule has 43 heavy (non-hydrogen) atoms. The predicted octanol–water partition coefficient (Wildman–Crippen LogP) is 4.65. The molecule has 0 bridgehead atoms. The maximum absolute atomic E-state index is 15.8. The van der Waals surface area contributed by atoms with Crippen molar-refractivity contribution >= 4 is 46.2 Å². The minimum absolute atomic E-state index is 0. The number of hydrogen-bond donors (Lipinski definition) is 1. The number of fused-ring (bicyclic) bond motifs is 1. The van der Waals surface area contributed by atoms with Crippen molar-refractivity contribution in [1.82, 2.24) is 24.4 Å².